The largest absolute Gasteiger partial charge is 0.408 e. The van der Waals surface area contributed by atoms with Gasteiger partial charge in [0, 0.05) is 25.0 Å². The van der Waals surface area contributed by atoms with Gasteiger partial charge >= 0.3 is 6.18 Å². The van der Waals surface area contributed by atoms with Crippen LogP contribution in [0, 0.1) is 0 Å². The lowest BCUT2D eigenvalue weighted by atomic mass is 10.1. The molecule has 0 aliphatic carbocycles. The van der Waals surface area contributed by atoms with Crippen LogP contribution in [-0.2, 0) is 6.42 Å². The zero-order valence-corrected chi connectivity index (χ0v) is 9.93. The summed E-state index contributed by atoms with van der Waals surface area (Å²) >= 11 is 0. The molecule has 0 radical (unpaired) electrons. The molecule has 19 heavy (non-hydrogen) atoms. The maximum atomic E-state index is 13.0. The van der Waals surface area contributed by atoms with E-state index in [4.69, 9.17) is 0 Å². The van der Waals surface area contributed by atoms with Gasteiger partial charge in [-0.3, -0.25) is 4.98 Å². The summed E-state index contributed by atoms with van der Waals surface area (Å²) in [5.41, 5.74) is 0.570. The topological polar surface area (TPSA) is 37.8 Å². The van der Waals surface area contributed by atoms with Crippen molar-refractivity contribution >= 4 is 5.82 Å². The van der Waals surface area contributed by atoms with Crippen molar-refractivity contribution in [2.45, 2.75) is 18.6 Å². The van der Waals surface area contributed by atoms with Crippen LogP contribution in [0.1, 0.15) is 5.56 Å². The molecule has 2 heterocycles. The van der Waals surface area contributed by atoms with Crippen molar-refractivity contribution in [1.82, 2.24) is 9.97 Å². The van der Waals surface area contributed by atoms with E-state index in [0.29, 0.717) is 5.56 Å². The average Bonchev–Trinajstić information content (AvgIpc) is 2.39. The maximum Gasteiger partial charge on any atom is 0.408 e. The fourth-order valence-corrected chi connectivity index (χ4v) is 1.63. The molecule has 0 fully saturated rings. The Labute approximate surface area is 108 Å². The van der Waals surface area contributed by atoms with Crippen LogP contribution in [0.5, 0.6) is 0 Å². The molecule has 100 valence electrons. The van der Waals surface area contributed by atoms with Gasteiger partial charge in [0.2, 0.25) is 0 Å². The lowest BCUT2D eigenvalue weighted by molar-refractivity contribution is -0.142. The Hall–Kier alpha value is -2.11. The number of nitrogens with one attached hydrogen (secondary N) is 1. The van der Waals surface area contributed by atoms with Gasteiger partial charge in [0.1, 0.15) is 11.9 Å². The van der Waals surface area contributed by atoms with Crippen LogP contribution in [-0.4, -0.2) is 22.2 Å². The molecule has 0 amide bonds. The van der Waals surface area contributed by atoms with E-state index in [1.807, 2.05) is 0 Å². The van der Waals surface area contributed by atoms with E-state index in [1.165, 1.54) is 24.7 Å². The van der Waals surface area contributed by atoms with Crippen molar-refractivity contribution in [3.63, 3.8) is 0 Å². The molecular formula is C13H12F3N3. The third-order valence-electron chi connectivity index (χ3n) is 2.57. The monoisotopic (exact) mass is 267 g/mol. The number of pyridine rings is 2. The lowest BCUT2D eigenvalue weighted by Gasteiger charge is -2.22. The molecule has 1 N–H and O–H groups in total. The lowest BCUT2D eigenvalue weighted by Crippen LogP contribution is -2.38. The van der Waals surface area contributed by atoms with Crippen molar-refractivity contribution in [2.24, 2.45) is 0 Å². The highest BCUT2D eigenvalue weighted by molar-refractivity contribution is 5.35. The Kier molecular flexibility index (Phi) is 3.99. The maximum absolute atomic E-state index is 13.0. The van der Waals surface area contributed by atoms with Crippen molar-refractivity contribution in [3.8, 4) is 0 Å². The molecule has 6 heteroatoms. The smallest absolute Gasteiger partial charge is 0.358 e. The number of halogens is 3. The summed E-state index contributed by atoms with van der Waals surface area (Å²) in [6, 6.07) is 6.25. The van der Waals surface area contributed by atoms with Gasteiger partial charge in [-0.05, 0) is 29.8 Å². The highest BCUT2D eigenvalue weighted by Crippen LogP contribution is 2.25. The van der Waals surface area contributed by atoms with Crippen LogP contribution < -0.4 is 5.32 Å². The zero-order valence-electron chi connectivity index (χ0n) is 9.93. The second-order valence-corrected chi connectivity index (χ2v) is 4.01. The number of aromatic nitrogens is 2. The van der Waals surface area contributed by atoms with Crippen molar-refractivity contribution in [3.05, 3.63) is 54.5 Å². The molecule has 2 aromatic rings. The summed E-state index contributed by atoms with van der Waals surface area (Å²) in [4.78, 5) is 7.64. The van der Waals surface area contributed by atoms with Crippen molar-refractivity contribution in [1.29, 1.82) is 0 Å². The first kappa shape index (κ1) is 13.3. The minimum atomic E-state index is -4.35. The standard InChI is InChI=1S/C13H12F3N3/c14-13(15,16)11(9-10-4-7-17-8-5-10)19-12-3-1-2-6-18-12/h1-8,11H,9H2,(H,18,19)/t11-/m0/s1. The molecule has 0 aliphatic rings. The third kappa shape index (κ3) is 3.94. The van der Waals surface area contributed by atoms with E-state index in [2.05, 4.69) is 15.3 Å². The Morgan fingerprint density at radius 2 is 1.79 bits per heavy atom. The van der Waals surface area contributed by atoms with E-state index in [0.717, 1.165) is 0 Å². The molecular weight excluding hydrogens is 255 g/mol. The number of anilines is 1. The van der Waals surface area contributed by atoms with Gasteiger partial charge in [-0.25, -0.2) is 4.98 Å². The van der Waals surface area contributed by atoms with E-state index in [1.54, 1.807) is 24.3 Å². The van der Waals surface area contributed by atoms with Gasteiger partial charge in [-0.15, -0.1) is 0 Å². The number of hydrogen-bond donors (Lipinski definition) is 1. The van der Waals surface area contributed by atoms with E-state index < -0.39 is 12.2 Å². The van der Waals surface area contributed by atoms with Gasteiger partial charge in [-0.1, -0.05) is 6.07 Å². The zero-order chi connectivity index (χ0) is 13.7. The molecule has 1 atom stereocenters. The second-order valence-electron chi connectivity index (χ2n) is 4.01. The van der Waals surface area contributed by atoms with Gasteiger partial charge in [0.05, 0.1) is 0 Å². The molecule has 0 aliphatic heterocycles. The molecule has 0 unspecified atom stereocenters. The molecule has 0 saturated heterocycles. The van der Waals surface area contributed by atoms with Gasteiger partial charge in [0.15, 0.2) is 0 Å². The summed E-state index contributed by atoms with van der Waals surface area (Å²) < 4.78 is 39.0. The van der Waals surface area contributed by atoms with Crippen LogP contribution in [0.4, 0.5) is 19.0 Å². The second kappa shape index (κ2) is 5.69. The summed E-state index contributed by atoms with van der Waals surface area (Å²) in [7, 11) is 0. The van der Waals surface area contributed by atoms with Crippen LogP contribution in [0.2, 0.25) is 0 Å². The Morgan fingerprint density at radius 1 is 1.05 bits per heavy atom. The minimum Gasteiger partial charge on any atom is -0.358 e. The van der Waals surface area contributed by atoms with Crippen LogP contribution in [0.25, 0.3) is 0 Å². The highest BCUT2D eigenvalue weighted by atomic mass is 19.4. The summed E-state index contributed by atoms with van der Waals surface area (Å²) in [6.07, 6.45) is -0.112. The van der Waals surface area contributed by atoms with Crippen molar-refractivity contribution in [2.75, 3.05) is 5.32 Å². The molecule has 0 spiro atoms. The fraction of sp³-hybridized carbons (Fsp3) is 0.231. The fourth-order valence-electron chi connectivity index (χ4n) is 1.63. The van der Waals surface area contributed by atoms with Gasteiger partial charge in [0.25, 0.3) is 0 Å². The number of alkyl halides is 3. The van der Waals surface area contributed by atoms with Gasteiger partial charge in [-0.2, -0.15) is 13.2 Å². The average molecular weight is 267 g/mol. The number of rotatable bonds is 4. The molecule has 0 saturated carbocycles. The quantitative estimate of drug-likeness (QED) is 0.925. The first-order valence-corrected chi connectivity index (χ1v) is 5.69. The highest BCUT2D eigenvalue weighted by Gasteiger charge is 2.39. The van der Waals surface area contributed by atoms with Crippen LogP contribution in [0.15, 0.2) is 48.9 Å². The number of nitrogens with zero attached hydrogens (tertiary/aromatic N) is 2. The Bertz CT molecular complexity index is 458. The Balaban J connectivity index is 2.13. The summed E-state index contributed by atoms with van der Waals surface area (Å²) in [5.74, 6) is 0.207. The first-order valence-electron chi connectivity index (χ1n) is 5.69. The number of hydrogen-bond acceptors (Lipinski definition) is 3. The first-order chi connectivity index (χ1) is 9.05. The van der Waals surface area contributed by atoms with E-state index in [9.17, 15) is 13.2 Å². The molecule has 0 bridgehead atoms. The molecule has 2 rings (SSSR count). The predicted octanol–water partition coefficient (Wildman–Crippen LogP) is 3.06. The minimum absolute atomic E-state index is 0.164. The predicted molar refractivity (Wildman–Crippen MR) is 65.6 cm³/mol. The van der Waals surface area contributed by atoms with E-state index in [-0.39, 0.29) is 12.2 Å². The molecule has 0 aromatic carbocycles. The van der Waals surface area contributed by atoms with Crippen LogP contribution >= 0.6 is 0 Å². The molecule has 3 nitrogen and oxygen atoms in total. The Morgan fingerprint density at radius 3 is 2.37 bits per heavy atom. The van der Waals surface area contributed by atoms with Crippen LogP contribution in [0.3, 0.4) is 0 Å². The third-order valence-corrected chi connectivity index (χ3v) is 2.57. The van der Waals surface area contributed by atoms with Gasteiger partial charge < -0.3 is 5.32 Å². The van der Waals surface area contributed by atoms with E-state index >= 15 is 0 Å². The SMILES string of the molecule is FC(F)(F)[C@H](Cc1ccncc1)Nc1ccccn1. The normalized spacial score (nSPS) is 13.0. The molecule has 2 aromatic heterocycles. The van der Waals surface area contributed by atoms with Crippen molar-refractivity contribution < 1.29 is 13.2 Å². The summed E-state index contributed by atoms with van der Waals surface area (Å²) in [5, 5.41) is 2.41. The summed E-state index contributed by atoms with van der Waals surface area (Å²) in [6.45, 7) is 0.